The van der Waals surface area contributed by atoms with E-state index in [1.165, 1.54) is 11.3 Å². The fourth-order valence-electron chi connectivity index (χ4n) is 4.44. The fraction of sp³-hybridized carbons (Fsp3) is 0.280. The van der Waals surface area contributed by atoms with Crippen molar-refractivity contribution in [3.63, 3.8) is 0 Å². The molecule has 34 heavy (non-hydrogen) atoms. The summed E-state index contributed by atoms with van der Waals surface area (Å²) in [5.41, 5.74) is 4.70. The number of thiazole rings is 1. The van der Waals surface area contributed by atoms with E-state index in [0.717, 1.165) is 52.7 Å². The van der Waals surface area contributed by atoms with Gasteiger partial charge in [0.25, 0.3) is 0 Å². The number of para-hydroxylation sites is 1. The molecule has 5 rings (SSSR count). The fourth-order valence-corrected chi connectivity index (χ4v) is 6.67. The van der Waals surface area contributed by atoms with Gasteiger partial charge in [-0.1, -0.05) is 36.8 Å². The molecule has 1 amide bonds. The van der Waals surface area contributed by atoms with Gasteiger partial charge in [0, 0.05) is 40.6 Å². The first kappa shape index (κ1) is 22.8. The number of sulfonamides is 1. The van der Waals surface area contributed by atoms with Gasteiger partial charge >= 0.3 is 0 Å². The average Bonchev–Trinajstić information content (AvgIpc) is 3.42. The summed E-state index contributed by atoms with van der Waals surface area (Å²) in [6.45, 7) is 3.16. The number of amides is 1. The Hall–Kier alpha value is -3.01. The molecule has 0 saturated carbocycles. The van der Waals surface area contributed by atoms with Crippen LogP contribution in [-0.2, 0) is 21.2 Å². The highest BCUT2D eigenvalue weighted by Gasteiger charge is 2.25. The van der Waals surface area contributed by atoms with Crippen molar-refractivity contribution < 1.29 is 13.2 Å². The maximum atomic E-state index is 12.8. The lowest BCUT2D eigenvalue weighted by Gasteiger charge is -2.25. The van der Waals surface area contributed by atoms with Crippen molar-refractivity contribution in [2.24, 2.45) is 0 Å². The molecule has 7 nitrogen and oxygen atoms in total. The maximum absolute atomic E-state index is 12.8. The summed E-state index contributed by atoms with van der Waals surface area (Å²) in [4.78, 5) is 20.9. The van der Waals surface area contributed by atoms with Crippen molar-refractivity contribution in [2.45, 2.75) is 37.5 Å². The SMILES string of the molecule is Cc1[nH]c2ccccc2c1-c1csc(NC(=O)Cc2ccc(S(=O)(=O)N3CCCCC3)cc2)n1. The molecule has 0 unspecified atom stereocenters. The molecule has 2 N–H and O–H groups in total. The van der Waals surface area contributed by atoms with E-state index < -0.39 is 10.0 Å². The second-order valence-electron chi connectivity index (χ2n) is 8.54. The summed E-state index contributed by atoms with van der Waals surface area (Å²) in [5, 5.41) is 6.45. The van der Waals surface area contributed by atoms with Gasteiger partial charge in [-0.25, -0.2) is 13.4 Å². The lowest BCUT2D eigenvalue weighted by molar-refractivity contribution is -0.115. The zero-order valence-corrected chi connectivity index (χ0v) is 20.5. The van der Waals surface area contributed by atoms with Gasteiger partial charge in [-0.2, -0.15) is 4.31 Å². The molecule has 0 atom stereocenters. The van der Waals surface area contributed by atoms with E-state index >= 15 is 0 Å². The number of nitrogens with zero attached hydrogens (tertiary/aromatic N) is 2. The number of H-pyrrole nitrogens is 1. The number of carbonyl (C=O) groups excluding carboxylic acids is 1. The number of hydrogen-bond acceptors (Lipinski definition) is 5. The molecule has 1 aliphatic heterocycles. The Morgan fingerprint density at radius 2 is 1.82 bits per heavy atom. The van der Waals surface area contributed by atoms with E-state index in [0.29, 0.717) is 18.2 Å². The summed E-state index contributed by atoms with van der Waals surface area (Å²) in [6.07, 6.45) is 3.01. The first-order chi connectivity index (χ1) is 16.4. The number of aromatic amines is 1. The van der Waals surface area contributed by atoms with E-state index in [-0.39, 0.29) is 17.2 Å². The lowest BCUT2D eigenvalue weighted by atomic mass is 10.1. The zero-order chi connectivity index (χ0) is 23.7. The topological polar surface area (TPSA) is 95.2 Å². The lowest BCUT2D eigenvalue weighted by Crippen LogP contribution is -2.35. The maximum Gasteiger partial charge on any atom is 0.243 e. The molecule has 1 aliphatic rings. The minimum atomic E-state index is -3.47. The smallest absolute Gasteiger partial charge is 0.243 e. The van der Waals surface area contributed by atoms with E-state index in [9.17, 15) is 13.2 Å². The number of nitrogens with one attached hydrogen (secondary N) is 2. The van der Waals surface area contributed by atoms with Crippen molar-refractivity contribution in [2.75, 3.05) is 18.4 Å². The number of piperidine rings is 1. The molecule has 0 aliphatic carbocycles. The summed E-state index contributed by atoms with van der Waals surface area (Å²) < 4.78 is 27.2. The summed E-state index contributed by atoms with van der Waals surface area (Å²) in [6, 6.07) is 14.7. The van der Waals surface area contributed by atoms with Crippen LogP contribution in [0.4, 0.5) is 5.13 Å². The highest BCUT2D eigenvalue weighted by Crippen LogP contribution is 2.34. The third kappa shape index (κ3) is 4.51. The highest BCUT2D eigenvalue weighted by atomic mass is 32.2. The monoisotopic (exact) mass is 494 g/mol. The number of fused-ring (bicyclic) bond motifs is 1. The van der Waals surface area contributed by atoms with E-state index in [1.54, 1.807) is 28.6 Å². The number of anilines is 1. The number of hydrogen-bond donors (Lipinski definition) is 2. The Bertz CT molecular complexity index is 1430. The van der Waals surface area contributed by atoms with E-state index in [2.05, 4.69) is 21.4 Å². The van der Waals surface area contributed by atoms with Gasteiger partial charge in [0.2, 0.25) is 15.9 Å². The van der Waals surface area contributed by atoms with Gasteiger partial charge in [-0.3, -0.25) is 4.79 Å². The second-order valence-corrected chi connectivity index (χ2v) is 11.3. The van der Waals surface area contributed by atoms with Crippen molar-refractivity contribution in [1.82, 2.24) is 14.3 Å². The van der Waals surface area contributed by atoms with Crippen molar-refractivity contribution in [1.29, 1.82) is 0 Å². The molecule has 1 fully saturated rings. The van der Waals surface area contributed by atoms with Crippen LogP contribution in [0.5, 0.6) is 0 Å². The van der Waals surface area contributed by atoms with Crippen LogP contribution in [0.1, 0.15) is 30.5 Å². The number of aromatic nitrogens is 2. The van der Waals surface area contributed by atoms with Crippen LogP contribution in [-0.4, -0.2) is 41.7 Å². The Labute approximate surface area is 202 Å². The molecule has 0 spiro atoms. The Balaban J connectivity index is 1.25. The number of rotatable bonds is 6. The molecular weight excluding hydrogens is 468 g/mol. The molecule has 2 aromatic carbocycles. The molecule has 0 radical (unpaired) electrons. The third-order valence-corrected chi connectivity index (χ3v) is 8.81. The van der Waals surface area contributed by atoms with Crippen LogP contribution in [0.3, 0.4) is 0 Å². The zero-order valence-electron chi connectivity index (χ0n) is 18.9. The Kier molecular flexibility index (Phi) is 6.24. The third-order valence-electron chi connectivity index (χ3n) is 6.14. The van der Waals surface area contributed by atoms with Crippen molar-refractivity contribution in [3.8, 4) is 11.3 Å². The first-order valence-electron chi connectivity index (χ1n) is 11.3. The predicted octanol–water partition coefficient (Wildman–Crippen LogP) is 4.96. The Morgan fingerprint density at radius 1 is 1.09 bits per heavy atom. The van der Waals surface area contributed by atoms with Crippen molar-refractivity contribution >= 4 is 43.3 Å². The van der Waals surface area contributed by atoms with Crippen molar-refractivity contribution in [3.05, 3.63) is 65.2 Å². The quantitative estimate of drug-likeness (QED) is 0.396. The molecule has 4 aromatic rings. The normalized spacial score (nSPS) is 15.0. The van der Waals surface area contributed by atoms with Crippen LogP contribution in [0.2, 0.25) is 0 Å². The van der Waals surface area contributed by atoms with Gasteiger partial charge in [0.05, 0.1) is 17.0 Å². The standard InChI is InChI=1S/C25H26N4O3S2/c1-17-24(20-7-3-4-8-21(20)26-17)22-16-33-25(27-22)28-23(30)15-18-9-11-19(12-10-18)34(31,32)29-13-5-2-6-14-29/h3-4,7-12,16,26H,2,5-6,13-15H2,1H3,(H,27,28,30). The minimum absolute atomic E-state index is 0.144. The molecule has 9 heteroatoms. The van der Waals surface area contributed by atoms with Gasteiger partial charge in [-0.05, 0) is 43.5 Å². The average molecular weight is 495 g/mol. The largest absolute Gasteiger partial charge is 0.358 e. The number of benzene rings is 2. The van der Waals surface area contributed by atoms with Crippen LogP contribution in [0.25, 0.3) is 22.2 Å². The van der Waals surface area contributed by atoms with Gasteiger partial charge < -0.3 is 10.3 Å². The highest BCUT2D eigenvalue weighted by molar-refractivity contribution is 7.89. The second kappa shape index (κ2) is 9.32. The summed E-state index contributed by atoms with van der Waals surface area (Å²) >= 11 is 1.38. The van der Waals surface area contributed by atoms with Crippen LogP contribution in [0.15, 0.2) is 58.8 Å². The van der Waals surface area contributed by atoms with Gasteiger partial charge in [0.1, 0.15) is 0 Å². The van der Waals surface area contributed by atoms with Crippen LogP contribution in [0, 0.1) is 6.92 Å². The molecule has 1 saturated heterocycles. The van der Waals surface area contributed by atoms with Crippen LogP contribution >= 0.6 is 11.3 Å². The summed E-state index contributed by atoms with van der Waals surface area (Å²) in [5.74, 6) is -0.191. The van der Waals surface area contributed by atoms with Gasteiger partial charge in [-0.15, -0.1) is 11.3 Å². The molecule has 3 heterocycles. The molecule has 0 bridgehead atoms. The first-order valence-corrected chi connectivity index (χ1v) is 13.7. The van der Waals surface area contributed by atoms with Crippen LogP contribution < -0.4 is 5.32 Å². The summed E-state index contributed by atoms with van der Waals surface area (Å²) in [7, 11) is -3.47. The number of carbonyl (C=O) groups is 1. The predicted molar refractivity (Wildman–Crippen MR) is 136 cm³/mol. The molecule has 176 valence electrons. The van der Waals surface area contributed by atoms with E-state index in [4.69, 9.17) is 0 Å². The molecular formula is C25H26N4O3S2. The van der Waals surface area contributed by atoms with E-state index in [1.807, 2.05) is 30.5 Å². The Morgan fingerprint density at radius 3 is 2.59 bits per heavy atom. The minimum Gasteiger partial charge on any atom is -0.358 e. The molecule has 2 aromatic heterocycles. The van der Waals surface area contributed by atoms with Gasteiger partial charge in [0.15, 0.2) is 5.13 Å². The number of aryl methyl sites for hydroxylation is 1.